The first-order valence-corrected chi connectivity index (χ1v) is 10.3. The van der Waals surface area contributed by atoms with Gasteiger partial charge < -0.3 is 19.5 Å². The number of hydrogen-bond donors (Lipinski definition) is 1. The maximum Gasteiger partial charge on any atom is 0.343 e. The van der Waals surface area contributed by atoms with Crippen molar-refractivity contribution in [3.63, 3.8) is 0 Å². The Hall–Kier alpha value is -4.64. The summed E-state index contributed by atoms with van der Waals surface area (Å²) in [6.07, 6.45) is 1.33. The second-order valence-corrected chi connectivity index (χ2v) is 6.86. The maximum atomic E-state index is 13.8. The molecule has 0 saturated heterocycles. The van der Waals surface area contributed by atoms with Gasteiger partial charge in [0.1, 0.15) is 23.2 Å². The lowest BCUT2D eigenvalue weighted by molar-refractivity contribution is -0.112. The third-order valence-electron chi connectivity index (χ3n) is 4.59. The molecule has 0 atom stereocenters. The smallest absolute Gasteiger partial charge is 0.343 e. The molecule has 172 valence electrons. The number of rotatable bonds is 8. The fourth-order valence-corrected chi connectivity index (χ4v) is 2.92. The molecule has 0 aromatic heterocycles. The van der Waals surface area contributed by atoms with Crippen LogP contribution in [0.3, 0.4) is 0 Å². The number of anilines is 1. The maximum absolute atomic E-state index is 13.8. The van der Waals surface area contributed by atoms with Gasteiger partial charge in [-0.15, -0.1) is 0 Å². The van der Waals surface area contributed by atoms with Gasteiger partial charge in [0, 0.05) is 0 Å². The van der Waals surface area contributed by atoms with Crippen molar-refractivity contribution in [1.29, 1.82) is 5.26 Å². The summed E-state index contributed by atoms with van der Waals surface area (Å²) < 4.78 is 29.9. The minimum atomic E-state index is -0.763. The normalized spacial score (nSPS) is 10.7. The van der Waals surface area contributed by atoms with Crippen molar-refractivity contribution in [3.8, 4) is 23.3 Å². The van der Waals surface area contributed by atoms with Crippen LogP contribution in [-0.4, -0.2) is 25.6 Å². The van der Waals surface area contributed by atoms with E-state index < -0.39 is 17.7 Å². The molecule has 0 bridgehead atoms. The summed E-state index contributed by atoms with van der Waals surface area (Å²) in [5.74, 6) is -0.932. The minimum absolute atomic E-state index is 0.0375. The van der Waals surface area contributed by atoms with Gasteiger partial charge in [0.05, 0.1) is 25.0 Å². The summed E-state index contributed by atoms with van der Waals surface area (Å²) in [4.78, 5) is 25.0. The Balaban J connectivity index is 1.82. The van der Waals surface area contributed by atoms with Crippen LogP contribution in [0.4, 0.5) is 10.1 Å². The third kappa shape index (κ3) is 5.99. The van der Waals surface area contributed by atoms with E-state index in [2.05, 4.69) is 5.32 Å². The molecular weight excluding hydrogens is 439 g/mol. The van der Waals surface area contributed by atoms with E-state index in [1.807, 2.05) is 6.07 Å². The predicted octanol–water partition coefficient (Wildman–Crippen LogP) is 5.00. The summed E-state index contributed by atoms with van der Waals surface area (Å²) in [5, 5.41) is 11.8. The second kappa shape index (κ2) is 11.3. The Bertz CT molecular complexity index is 1260. The highest BCUT2D eigenvalue weighted by Gasteiger charge is 2.15. The zero-order chi connectivity index (χ0) is 24.5. The van der Waals surface area contributed by atoms with Crippen molar-refractivity contribution in [2.45, 2.75) is 6.92 Å². The molecule has 3 rings (SSSR count). The summed E-state index contributed by atoms with van der Waals surface area (Å²) in [6.45, 7) is 2.05. The van der Waals surface area contributed by atoms with E-state index in [1.54, 1.807) is 43.3 Å². The molecule has 0 saturated carbocycles. The van der Waals surface area contributed by atoms with Crippen LogP contribution in [0, 0.1) is 17.1 Å². The third-order valence-corrected chi connectivity index (χ3v) is 4.59. The lowest BCUT2D eigenvalue weighted by Gasteiger charge is -2.12. The van der Waals surface area contributed by atoms with Crippen molar-refractivity contribution in [2.75, 3.05) is 19.0 Å². The van der Waals surface area contributed by atoms with Gasteiger partial charge in [-0.2, -0.15) is 5.26 Å². The number of amides is 1. The van der Waals surface area contributed by atoms with E-state index in [1.165, 1.54) is 43.5 Å². The molecule has 3 aromatic rings. The molecule has 0 heterocycles. The average molecular weight is 460 g/mol. The van der Waals surface area contributed by atoms with Crippen LogP contribution >= 0.6 is 0 Å². The molecule has 0 aliphatic rings. The van der Waals surface area contributed by atoms with Crippen molar-refractivity contribution in [1.82, 2.24) is 0 Å². The van der Waals surface area contributed by atoms with Gasteiger partial charge in [0.15, 0.2) is 11.5 Å². The van der Waals surface area contributed by atoms with E-state index >= 15 is 0 Å². The van der Waals surface area contributed by atoms with Gasteiger partial charge in [-0.3, -0.25) is 4.79 Å². The molecule has 0 spiro atoms. The lowest BCUT2D eigenvalue weighted by atomic mass is 10.1. The Morgan fingerprint density at radius 3 is 2.44 bits per heavy atom. The number of carbonyl (C=O) groups excluding carboxylic acids is 2. The number of esters is 1. The molecule has 0 aliphatic heterocycles. The van der Waals surface area contributed by atoms with Crippen LogP contribution < -0.4 is 19.5 Å². The molecule has 8 heteroatoms. The SMILES string of the molecule is CCOc1cc(/C=C(/C#N)C(=O)Nc2ccccc2F)ccc1OC(=O)c1ccc(OC)cc1. The molecule has 0 radical (unpaired) electrons. The zero-order valence-electron chi connectivity index (χ0n) is 18.5. The molecule has 1 amide bonds. The molecule has 34 heavy (non-hydrogen) atoms. The Kier molecular flexibility index (Phi) is 7.97. The van der Waals surface area contributed by atoms with Crippen LogP contribution in [0.5, 0.6) is 17.2 Å². The standard InChI is InChI=1S/C26H21FN2O5/c1-3-33-24-15-17(14-19(16-28)25(30)29-22-7-5-4-6-21(22)27)8-13-23(24)34-26(31)18-9-11-20(32-2)12-10-18/h4-15H,3H2,1-2H3,(H,29,30)/b19-14-. The van der Waals surface area contributed by atoms with Crippen molar-refractivity contribution >= 4 is 23.6 Å². The highest BCUT2D eigenvalue weighted by atomic mass is 19.1. The highest BCUT2D eigenvalue weighted by molar-refractivity contribution is 6.09. The van der Waals surface area contributed by atoms with E-state index in [-0.39, 0.29) is 22.8 Å². The summed E-state index contributed by atoms with van der Waals surface area (Å²) in [7, 11) is 1.53. The average Bonchev–Trinajstić information content (AvgIpc) is 2.85. The number of methoxy groups -OCH3 is 1. The van der Waals surface area contributed by atoms with Crippen LogP contribution in [0.1, 0.15) is 22.8 Å². The predicted molar refractivity (Wildman–Crippen MR) is 124 cm³/mol. The quantitative estimate of drug-likeness (QED) is 0.220. The number of hydrogen-bond acceptors (Lipinski definition) is 6. The van der Waals surface area contributed by atoms with Crippen molar-refractivity contribution < 1.29 is 28.2 Å². The fourth-order valence-electron chi connectivity index (χ4n) is 2.92. The highest BCUT2D eigenvalue weighted by Crippen LogP contribution is 2.30. The van der Waals surface area contributed by atoms with E-state index in [0.29, 0.717) is 23.5 Å². The van der Waals surface area contributed by atoms with Crippen LogP contribution in [0.25, 0.3) is 6.08 Å². The fraction of sp³-hybridized carbons (Fsp3) is 0.115. The molecule has 0 fully saturated rings. The Labute approximate surface area is 196 Å². The summed E-state index contributed by atoms with van der Waals surface area (Å²) in [5.41, 5.74) is 0.495. The number of para-hydroxylation sites is 1. The molecule has 1 N–H and O–H groups in total. The summed E-state index contributed by atoms with van der Waals surface area (Å²) in [6, 6.07) is 18.5. The second-order valence-electron chi connectivity index (χ2n) is 6.86. The zero-order valence-corrected chi connectivity index (χ0v) is 18.5. The first-order valence-electron chi connectivity index (χ1n) is 10.3. The Morgan fingerprint density at radius 1 is 1.06 bits per heavy atom. The van der Waals surface area contributed by atoms with Crippen LogP contribution in [0.15, 0.2) is 72.3 Å². The number of benzene rings is 3. The summed E-state index contributed by atoms with van der Waals surface area (Å²) >= 11 is 0. The van der Waals surface area contributed by atoms with Gasteiger partial charge in [-0.25, -0.2) is 9.18 Å². The van der Waals surface area contributed by atoms with Gasteiger partial charge in [0.25, 0.3) is 5.91 Å². The van der Waals surface area contributed by atoms with Crippen LogP contribution in [-0.2, 0) is 4.79 Å². The lowest BCUT2D eigenvalue weighted by Crippen LogP contribution is -2.14. The topological polar surface area (TPSA) is 97.6 Å². The Morgan fingerprint density at radius 2 is 1.79 bits per heavy atom. The largest absolute Gasteiger partial charge is 0.497 e. The van der Waals surface area contributed by atoms with Gasteiger partial charge in [-0.05, 0) is 67.1 Å². The number of nitrogens with one attached hydrogen (secondary N) is 1. The van der Waals surface area contributed by atoms with Gasteiger partial charge in [0.2, 0.25) is 0 Å². The van der Waals surface area contributed by atoms with Gasteiger partial charge >= 0.3 is 5.97 Å². The molecule has 0 aliphatic carbocycles. The first kappa shape index (κ1) is 24.0. The molecule has 7 nitrogen and oxygen atoms in total. The minimum Gasteiger partial charge on any atom is -0.497 e. The number of ether oxygens (including phenoxy) is 3. The number of carbonyl (C=O) groups is 2. The van der Waals surface area contributed by atoms with Crippen molar-refractivity contribution in [3.05, 3.63) is 89.2 Å². The molecule has 0 unspecified atom stereocenters. The number of nitriles is 1. The van der Waals surface area contributed by atoms with Crippen molar-refractivity contribution in [2.24, 2.45) is 0 Å². The van der Waals surface area contributed by atoms with E-state index in [4.69, 9.17) is 14.2 Å². The van der Waals surface area contributed by atoms with Crippen LogP contribution in [0.2, 0.25) is 0 Å². The number of halogens is 1. The monoisotopic (exact) mass is 460 g/mol. The molecule has 3 aromatic carbocycles. The first-order chi connectivity index (χ1) is 16.4. The van der Waals surface area contributed by atoms with E-state index in [0.717, 1.165) is 0 Å². The van der Waals surface area contributed by atoms with E-state index in [9.17, 15) is 19.2 Å². The molecular formula is C26H21FN2O5. The van der Waals surface area contributed by atoms with Gasteiger partial charge in [-0.1, -0.05) is 18.2 Å². The number of nitrogens with zero attached hydrogens (tertiary/aromatic N) is 1.